The zero-order valence-electron chi connectivity index (χ0n) is 13.1. The number of likely N-dealkylation sites (tertiary alicyclic amines) is 1. The summed E-state index contributed by atoms with van der Waals surface area (Å²) in [6.07, 6.45) is 1.81. The van der Waals surface area contributed by atoms with E-state index in [1.54, 1.807) is 4.90 Å². The summed E-state index contributed by atoms with van der Waals surface area (Å²) in [6.45, 7) is 7.15. The molecule has 1 N–H and O–H groups in total. The molecule has 0 spiro atoms. The number of aliphatic hydroxyl groups excluding tert-OH is 1. The van der Waals surface area contributed by atoms with Crippen molar-refractivity contribution in [1.82, 2.24) is 4.90 Å². The van der Waals surface area contributed by atoms with Crippen LogP contribution in [0.4, 0.5) is 4.79 Å². The molecule has 0 bridgehead atoms. The molecule has 4 heteroatoms. The highest BCUT2D eigenvalue weighted by Crippen LogP contribution is 2.28. The summed E-state index contributed by atoms with van der Waals surface area (Å²) in [5.41, 5.74) is 1.65. The van der Waals surface area contributed by atoms with E-state index in [9.17, 15) is 9.90 Å². The van der Waals surface area contributed by atoms with Gasteiger partial charge in [0.15, 0.2) is 0 Å². The van der Waals surface area contributed by atoms with E-state index in [1.165, 1.54) is 5.56 Å². The maximum absolute atomic E-state index is 12.2. The van der Waals surface area contributed by atoms with Crippen LogP contribution >= 0.6 is 0 Å². The van der Waals surface area contributed by atoms with Crippen molar-refractivity contribution in [3.05, 3.63) is 35.4 Å². The van der Waals surface area contributed by atoms with Gasteiger partial charge in [0.2, 0.25) is 0 Å². The monoisotopic (exact) mass is 291 g/mol. The second kappa shape index (κ2) is 6.48. The van der Waals surface area contributed by atoms with Gasteiger partial charge in [-0.25, -0.2) is 4.79 Å². The summed E-state index contributed by atoms with van der Waals surface area (Å²) < 4.78 is 5.45. The van der Waals surface area contributed by atoms with Gasteiger partial charge < -0.3 is 14.7 Å². The summed E-state index contributed by atoms with van der Waals surface area (Å²) in [5.74, 6) is 0.317. The Morgan fingerprint density at radius 3 is 2.86 bits per heavy atom. The van der Waals surface area contributed by atoms with Crippen molar-refractivity contribution < 1.29 is 14.6 Å². The molecule has 1 unspecified atom stereocenters. The topological polar surface area (TPSA) is 49.8 Å². The maximum atomic E-state index is 12.2. The molecule has 21 heavy (non-hydrogen) atoms. The molecule has 0 aliphatic carbocycles. The molecular formula is C17H25NO3. The van der Waals surface area contributed by atoms with Crippen LogP contribution in [0.25, 0.3) is 0 Å². The second-order valence-electron chi connectivity index (χ2n) is 6.67. The molecule has 1 amide bonds. The molecule has 1 fully saturated rings. The fourth-order valence-corrected chi connectivity index (χ4v) is 2.69. The van der Waals surface area contributed by atoms with Crippen molar-refractivity contribution in [3.8, 4) is 0 Å². The third-order valence-electron chi connectivity index (χ3n) is 3.68. The number of amides is 1. The lowest BCUT2D eigenvalue weighted by Crippen LogP contribution is -2.42. The van der Waals surface area contributed by atoms with Crippen molar-refractivity contribution in [3.63, 3.8) is 0 Å². The molecular weight excluding hydrogens is 266 g/mol. The van der Waals surface area contributed by atoms with Crippen molar-refractivity contribution in [2.45, 2.75) is 51.7 Å². The molecule has 0 saturated carbocycles. The lowest BCUT2D eigenvalue weighted by Gasteiger charge is -2.34. The zero-order chi connectivity index (χ0) is 15.5. The lowest BCUT2D eigenvalue weighted by atomic mass is 9.90. The van der Waals surface area contributed by atoms with Gasteiger partial charge in [-0.05, 0) is 44.7 Å². The maximum Gasteiger partial charge on any atom is 0.410 e. The number of carbonyl (C=O) groups is 1. The minimum absolute atomic E-state index is 0.0519. The third kappa shape index (κ3) is 4.46. The fourth-order valence-electron chi connectivity index (χ4n) is 2.69. The van der Waals surface area contributed by atoms with E-state index in [1.807, 2.05) is 39.0 Å². The van der Waals surface area contributed by atoms with Gasteiger partial charge in [-0.15, -0.1) is 0 Å². The number of hydrogen-bond acceptors (Lipinski definition) is 3. The van der Waals surface area contributed by atoms with Crippen LogP contribution in [0.5, 0.6) is 0 Å². The summed E-state index contributed by atoms with van der Waals surface area (Å²) in [4.78, 5) is 14.0. The van der Waals surface area contributed by atoms with Gasteiger partial charge in [-0.2, -0.15) is 0 Å². The number of nitrogens with zero attached hydrogens (tertiary/aromatic N) is 1. The van der Waals surface area contributed by atoms with Crippen molar-refractivity contribution in [1.29, 1.82) is 0 Å². The summed E-state index contributed by atoms with van der Waals surface area (Å²) >= 11 is 0. The second-order valence-corrected chi connectivity index (χ2v) is 6.67. The minimum atomic E-state index is -0.458. The number of carbonyl (C=O) groups excluding carboxylic acids is 1. The molecule has 1 atom stereocenters. The molecule has 2 rings (SSSR count). The van der Waals surface area contributed by atoms with E-state index >= 15 is 0 Å². The minimum Gasteiger partial charge on any atom is -0.444 e. The van der Waals surface area contributed by atoms with Crippen LogP contribution in [0.15, 0.2) is 24.3 Å². The third-order valence-corrected chi connectivity index (χ3v) is 3.68. The van der Waals surface area contributed by atoms with Crippen LogP contribution in [-0.4, -0.2) is 34.8 Å². The predicted octanol–water partition coefficient (Wildman–Crippen LogP) is 3.29. The number of aliphatic hydroxyl groups is 1. The van der Waals surface area contributed by atoms with E-state index in [0.717, 1.165) is 24.9 Å². The summed E-state index contributed by atoms with van der Waals surface area (Å²) in [6, 6.07) is 7.98. The molecule has 1 aliphatic heterocycles. The van der Waals surface area contributed by atoms with Crippen LogP contribution in [-0.2, 0) is 11.3 Å². The van der Waals surface area contributed by atoms with E-state index in [-0.39, 0.29) is 12.7 Å². The Labute approximate surface area is 126 Å². The van der Waals surface area contributed by atoms with Crippen LogP contribution in [0.1, 0.15) is 50.7 Å². The lowest BCUT2D eigenvalue weighted by molar-refractivity contribution is 0.0198. The standard InChI is InChI=1S/C17H25NO3/c1-17(2,3)21-16(20)18-9-5-8-15(11-18)14-7-4-6-13(10-14)12-19/h4,6-7,10,15,19H,5,8-9,11-12H2,1-3H3. The number of hydrogen-bond donors (Lipinski definition) is 1. The number of benzene rings is 1. The van der Waals surface area contributed by atoms with Gasteiger partial charge in [0.1, 0.15) is 5.60 Å². The Bertz CT molecular complexity index is 493. The van der Waals surface area contributed by atoms with Crippen molar-refractivity contribution >= 4 is 6.09 Å². The number of ether oxygens (including phenoxy) is 1. The van der Waals surface area contributed by atoms with E-state index in [0.29, 0.717) is 12.5 Å². The highest BCUT2D eigenvalue weighted by molar-refractivity contribution is 5.68. The molecule has 0 aromatic heterocycles. The Hall–Kier alpha value is -1.55. The van der Waals surface area contributed by atoms with Gasteiger partial charge in [0, 0.05) is 19.0 Å². The van der Waals surface area contributed by atoms with Crippen molar-refractivity contribution in [2.24, 2.45) is 0 Å². The Morgan fingerprint density at radius 1 is 1.43 bits per heavy atom. The van der Waals surface area contributed by atoms with Gasteiger partial charge in [-0.3, -0.25) is 0 Å². The van der Waals surface area contributed by atoms with Crippen LogP contribution in [0.2, 0.25) is 0 Å². The quantitative estimate of drug-likeness (QED) is 0.909. The number of piperidine rings is 1. The van der Waals surface area contributed by atoms with Gasteiger partial charge >= 0.3 is 6.09 Å². The van der Waals surface area contributed by atoms with Crippen molar-refractivity contribution in [2.75, 3.05) is 13.1 Å². The molecule has 1 aliphatic rings. The SMILES string of the molecule is CC(C)(C)OC(=O)N1CCCC(c2cccc(CO)c2)C1. The van der Waals surface area contributed by atoms with Gasteiger partial charge in [0.05, 0.1) is 6.61 Å². The smallest absolute Gasteiger partial charge is 0.410 e. The first kappa shape index (κ1) is 15.8. The van der Waals surface area contributed by atoms with Gasteiger partial charge in [0.25, 0.3) is 0 Å². The molecule has 116 valence electrons. The van der Waals surface area contributed by atoms with E-state index in [4.69, 9.17) is 4.74 Å². The first-order valence-electron chi connectivity index (χ1n) is 7.56. The van der Waals surface area contributed by atoms with Crippen LogP contribution in [0, 0.1) is 0 Å². The first-order valence-corrected chi connectivity index (χ1v) is 7.56. The Kier molecular flexibility index (Phi) is 4.88. The average Bonchev–Trinajstić information content (AvgIpc) is 2.46. The summed E-state index contributed by atoms with van der Waals surface area (Å²) in [7, 11) is 0. The average molecular weight is 291 g/mol. The molecule has 4 nitrogen and oxygen atoms in total. The van der Waals surface area contributed by atoms with Gasteiger partial charge in [-0.1, -0.05) is 24.3 Å². The highest BCUT2D eigenvalue weighted by Gasteiger charge is 2.28. The Balaban J connectivity index is 2.04. The molecule has 1 aromatic carbocycles. The van der Waals surface area contributed by atoms with E-state index in [2.05, 4.69) is 6.07 Å². The fraction of sp³-hybridized carbons (Fsp3) is 0.588. The largest absolute Gasteiger partial charge is 0.444 e. The van der Waals surface area contributed by atoms with Crippen LogP contribution < -0.4 is 0 Å². The number of rotatable bonds is 2. The van der Waals surface area contributed by atoms with E-state index < -0.39 is 5.60 Å². The highest BCUT2D eigenvalue weighted by atomic mass is 16.6. The Morgan fingerprint density at radius 2 is 2.19 bits per heavy atom. The first-order chi connectivity index (χ1) is 9.89. The molecule has 1 saturated heterocycles. The van der Waals surface area contributed by atoms with Crippen LogP contribution in [0.3, 0.4) is 0 Å². The molecule has 0 radical (unpaired) electrons. The summed E-state index contributed by atoms with van der Waals surface area (Å²) in [5, 5.41) is 9.24. The zero-order valence-corrected chi connectivity index (χ0v) is 13.1. The molecule has 1 aromatic rings. The predicted molar refractivity (Wildman–Crippen MR) is 82.1 cm³/mol. The normalized spacial score (nSPS) is 19.4. The molecule has 1 heterocycles.